The monoisotopic (exact) mass is 305 g/mol. The average molecular weight is 305 g/mol. The first-order valence-electron chi connectivity index (χ1n) is 6.14. The molecule has 1 aromatic rings. The van der Waals surface area contributed by atoms with Gasteiger partial charge in [0.25, 0.3) is 0 Å². The SMILES string of the molecule is CNC(CCCS(C)(=O)=O)CSc1cccc(F)c1. The van der Waals surface area contributed by atoms with Crippen LogP contribution >= 0.6 is 11.8 Å². The van der Waals surface area contributed by atoms with E-state index < -0.39 is 9.84 Å². The minimum atomic E-state index is -2.88. The van der Waals surface area contributed by atoms with Crippen molar-refractivity contribution in [1.82, 2.24) is 5.32 Å². The molecule has 0 radical (unpaired) electrons. The zero-order valence-electron chi connectivity index (χ0n) is 11.2. The second-order valence-corrected chi connectivity index (χ2v) is 7.88. The van der Waals surface area contributed by atoms with Gasteiger partial charge in [-0.3, -0.25) is 0 Å². The molecule has 19 heavy (non-hydrogen) atoms. The molecule has 3 nitrogen and oxygen atoms in total. The first-order chi connectivity index (χ1) is 8.90. The van der Waals surface area contributed by atoms with Crippen LogP contribution in [0.4, 0.5) is 4.39 Å². The van der Waals surface area contributed by atoms with Crippen molar-refractivity contribution in [1.29, 1.82) is 0 Å². The normalized spacial score (nSPS) is 13.4. The van der Waals surface area contributed by atoms with Gasteiger partial charge < -0.3 is 5.32 Å². The molecule has 1 N–H and O–H groups in total. The highest BCUT2D eigenvalue weighted by Crippen LogP contribution is 2.20. The lowest BCUT2D eigenvalue weighted by Gasteiger charge is -2.15. The van der Waals surface area contributed by atoms with E-state index in [9.17, 15) is 12.8 Å². The number of rotatable bonds is 8. The summed E-state index contributed by atoms with van der Waals surface area (Å²) >= 11 is 1.57. The van der Waals surface area contributed by atoms with E-state index in [0.29, 0.717) is 6.42 Å². The van der Waals surface area contributed by atoms with Crippen molar-refractivity contribution in [2.24, 2.45) is 0 Å². The van der Waals surface area contributed by atoms with Crippen molar-refractivity contribution in [3.63, 3.8) is 0 Å². The summed E-state index contributed by atoms with van der Waals surface area (Å²) in [6, 6.07) is 6.72. The number of sulfone groups is 1. The number of halogens is 1. The van der Waals surface area contributed by atoms with E-state index in [1.807, 2.05) is 13.1 Å². The molecule has 6 heteroatoms. The molecule has 1 unspecified atom stereocenters. The Hall–Kier alpha value is -0.590. The number of hydrogen-bond donors (Lipinski definition) is 1. The van der Waals surface area contributed by atoms with Crippen LogP contribution < -0.4 is 5.32 Å². The molecular formula is C13H20FNO2S2. The van der Waals surface area contributed by atoms with Gasteiger partial charge in [0.1, 0.15) is 15.7 Å². The third kappa shape index (κ3) is 7.54. The summed E-state index contributed by atoms with van der Waals surface area (Å²) < 4.78 is 35.1. The fourth-order valence-corrected chi connectivity index (χ4v) is 3.45. The van der Waals surface area contributed by atoms with Crippen LogP contribution in [0.5, 0.6) is 0 Å². The molecule has 0 aliphatic heterocycles. The third-order valence-corrected chi connectivity index (χ3v) is 4.91. The maximum atomic E-state index is 13.0. The van der Waals surface area contributed by atoms with E-state index in [1.54, 1.807) is 17.8 Å². The van der Waals surface area contributed by atoms with Crippen LogP contribution in [0.3, 0.4) is 0 Å². The molecule has 0 saturated heterocycles. The van der Waals surface area contributed by atoms with Crippen molar-refractivity contribution in [3.05, 3.63) is 30.1 Å². The van der Waals surface area contributed by atoms with Crippen LogP contribution in [0.15, 0.2) is 29.2 Å². The first kappa shape index (κ1) is 16.5. The van der Waals surface area contributed by atoms with Gasteiger partial charge in [-0.15, -0.1) is 11.8 Å². The molecule has 0 bridgehead atoms. The van der Waals surface area contributed by atoms with Gasteiger partial charge in [0.05, 0.1) is 0 Å². The summed E-state index contributed by atoms with van der Waals surface area (Å²) in [6.45, 7) is 0. The molecule has 0 aromatic heterocycles. The molecule has 1 aromatic carbocycles. The molecule has 0 aliphatic carbocycles. The summed E-state index contributed by atoms with van der Waals surface area (Å²) in [4.78, 5) is 0.892. The predicted molar refractivity (Wildman–Crippen MR) is 78.9 cm³/mol. The lowest BCUT2D eigenvalue weighted by molar-refractivity contribution is 0.555. The smallest absolute Gasteiger partial charge is 0.147 e. The first-order valence-corrected chi connectivity index (χ1v) is 9.18. The summed E-state index contributed by atoms with van der Waals surface area (Å²) in [5.74, 6) is 0.780. The molecule has 108 valence electrons. The van der Waals surface area contributed by atoms with Gasteiger partial charge in [0.15, 0.2) is 0 Å². The van der Waals surface area contributed by atoms with Crippen molar-refractivity contribution < 1.29 is 12.8 Å². The van der Waals surface area contributed by atoms with E-state index in [0.717, 1.165) is 17.1 Å². The Morgan fingerprint density at radius 2 is 2.16 bits per heavy atom. The quantitative estimate of drug-likeness (QED) is 0.749. The fraction of sp³-hybridized carbons (Fsp3) is 0.538. The Bertz CT molecular complexity index is 491. The molecular weight excluding hydrogens is 285 g/mol. The third-order valence-electron chi connectivity index (χ3n) is 2.72. The van der Waals surface area contributed by atoms with Crippen molar-refractivity contribution in [3.8, 4) is 0 Å². The van der Waals surface area contributed by atoms with Gasteiger partial charge in [0.2, 0.25) is 0 Å². The predicted octanol–water partition coefficient (Wildman–Crippen LogP) is 2.33. The van der Waals surface area contributed by atoms with E-state index in [-0.39, 0.29) is 17.6 Å². The van der Waals surface area contributed by atoms with E-state index in [2.05, 4.69) is 5.32 Å². The summed E-state index contributed by atoms with van der Waals surface area (Å²) in [6.07, 6.45) is 2.70. The van der Waals surface area contributed by atoms with Gasteiger partial charge in [-0.05, 0) is 38.1 Å². The molecule has 1 rings (SSSR count). The van der Waals surface area contributed by atoms with Crippen LogP contribution in [0.1, 0.15) is 12.8 Å². The molecule has 0 saturated carbocycles. The van der Waals surface area contributed by atoms with Crippen LogP contribution in [0.2, 0.25) is 0 Å². The van der Waals surface area contributed by atoms with E-state index >= 15 is 0 Å². The second kappa shape index (κ2) is 7.87. The number of hydrogen-bond acceptors (Lipinski definition) is 4. The average Bonchev–Trinajstić information content (AvgIpc) is 2.32. The minimum absolute atomic E-state index is 0.218. The summed E-state index contributed by atoms with van der Waals surface area (Å²) in [5, 5.41) is 3.16. The second-order valence-electron chi connectivity index (χ2n) is 4.53. The number of benzene rings is 1. The Labute approximate surface area is 118 Å². The molecule has 0 amide bonds. The van der Waals surface area contributed by atoms with Gasteiger partial charge in [-0.1, -0.05) is 6.07 Å². The number of nitrogens with one attached hydrogen (secondary N) is 1. The largest absolute Gasteiger partial charge is 0.316 e. The Balaban J connectivity index is 2.36. The zero-order valence-corrected chi connectivity index (χ0v) is 12.9. The Kier molecular flexibility index (Phi) is 6.82. The molecule has 1 atom stereocenters. The van der Waals surface area contributed by atoms with E-state index in [4.69, 9.17) is 0 Å². The van der Waals surface area contributed by atoms with E-state index in [1.165, 1.54) is 18.4 Å². The maximum absolute atomic E-state index is 13.0. The molecule has 0 aliphatic rings. The van der Waals surface area contributed by atoms with Gasteiger partial charge >= 0.3 is 0 Å². The highest BCUT2D eigenvalue weighted by Gasteiger charge is 2.09. The van der Waals surface area contributed by atoms with Crippen LogP contribution in [0.25, 0.3) is 0 Å². The van der Waals surface area contributed by atoms with Crippen molar-refractivity contribution in [2.45, 2.75) is 23.8 Å². The minimum Gasteiger partial charge on any atom is -0.316 e. The van der Waals surface area contributed by atoms with Crippen molar-refractivity contribution in [2.75, 3.05) is 24.8 Å². The Morgan fingerprint density at radius 3 is 2.74 bits per heavy atom. The summed E-state index contributed by atoms with van der Waals surface area (Å²) in [7, 11) is -1.03. The fourth-order valence-electron chi connectivity index (χ4n) is 1.66. The van der Waals surface area contributed by atoms with Crippen molar-refractivity contribution >= 4 is 21.6 Å². The zero-order chi connectivity index (χ0) is 14.3. The topological polar surface area (TPSA) is 46.2 Å². The van der Waals surface area contributed by atoms with Gasteiger partial charge in [-0.2, -0.15) is 0 Å². The maximum Gasteiger partial charge on any atom is 0.147 e. The molecule has 0 heterocycles. The Morgan fingerprint density at radius 1 is 1.42 bits per heavy atom. The molecule has 0 fully saturated rings. The van der Waals surface area contributed by atoms with Crippen LogP contribution in [-0.4, -0.2) is 39.3 Å². The van der Waals surface area contributed by atoms with Gasteiger partial charge in [0, 0.05) is 28.7 Å². The number of thioether (sulfide) groups is 1. The van der Waals surface area contributed by atoms with Crippen LogP contribution in [-0.2, 0) is 9.84 Å². The highest BCUT2D eigenvalue weighted by atomic mass is 32.2. The standard InChI is InChI=1S/C13H20FNO2S2/c1-15-12(6-4-8-19(2,16)17)10-18-13-7-3-5-11(14)9-13/h3,5,7,9,12,15H,4,6,8,10H2,1-2H3. The molecule has 0 spiro atoms. The van der Waals surface area contributed by atoms with Gasteiger partial charge in [-0.25, -0.2) is 12.8 Å². The summed E-state index contributed by atoms with van der Waals surface area (Å²) in [5.41, 5.74) is 0. The highest BCUT2D eigenvalue weighted by molar-refractivity contribution is 7.99. The van der Waals surface area contributed by atoms with Crippen LogP contribution in [0, 0.1) is 5.82 Å². The lowest BCUT2D eigenvalue weighted by Crippen LogP contribution is -2.28. The lowest BCUT2D eigenvalue weighted by atomic mass is 10.2.